The number of pyridine rings is 1. The third kappa shape index (κ3) is 4.13. The van der Waals surface area contributed by atoms with E-state index in [1.807, 2.05) is 0 Å². The van der Waals surface area contributed by atoms with Crippen LogP contribution < -0.4 is 5.46 Å². The van der Waals surface area contributed by atoms with Gasteiger partial charge in [0.15, 0.2) is 0 Å². The number of nitrogens with zero attached hydrogens (tertiary/aromatic N) is 1. The second-order valence-electron chi connectivity index (χ2n) is 14.2. The fourth-order valence-electron chi connectivity index (χ4n) is 7.92. The highest BCUT2D eigenvalue weighted by molar-refractivity contribution is 6.62. The number of aromatic nitrogens is 1. The third-order valence-corrected chi connectivity index (χ3v) is 11.0. The molecule has 48 heavy (non-hydrogen) atoms. The molecule has 1 saturated heterocycles. The lowest BCUT2D eigenvalue weighted by Gasteiger charge is -2.34. The summed E-state index contributed by atoms with van der Waals surface area (Å²) >= 11 is 0. The predicted molar refractivity (Wildman–Crippen MR) is 198 cm³/mol. The van der Waals surface area contributed by atoms with Crippen LogP contribution in [0.2, 0.25) is 0 Å². The van der Waals surface area contributed by atoms with Gasteiger partial charge in [-0.3, -0.25) is 0 Å². The van der Waals surface area contributed by atoms with E-state index in [2.05, 4.69) is 173 Å². The largest absolute Gasteiger partial charge is 0.494 e. The Labute approximate surface area is 282 Å². The van der Waals surface area contributed by atoms with Crippen LogP contribution in [0, 0.1) is 0 Å². The van der Waals surface area contributed by atoms with Crippen LogP contribution in [-0.4, -0.2) is 23.3 Å². The number of fused-ring (bicyclic) bond motifs is 6. The molecule has 1 aliphatic heterocycles. The van der Waals surface area contributed by atoms with Crippen molar-refractivity contribution in [3.63, 3.8) is 0 Å². The highest BCUT2D eigenvalue weighted by Gasteiger charge is 2.52. The number of benzene rings is 6. The molecule has 1 aromatic heterocycles. The highest BCUT2D eigenvalue weighted by Crippen LogP contribution is 2.57. The number of rotatable bonds is 4. The maximum atomic E-state index is 6.48. The van der Waals surface area contributed by atoms with E-state index >= 15 is 0 Å². The van der Waals surface area contributed by atoms with E-state index in [0.29, 0.717) is 0 Å². The number of hydrogen-bond acceptors (Lipinski definition) is 3. The molecule has 0 bridgehead atoms. The van der Waals surface area contributed by atoms with Crippen molar-refractivity contribution in [1.82, 2.24) is 4.98 Å². The van der Waals surface area contributed by atoms with Crippen LogP contribution in [0.3, 0.4) is 0 Å². The van der Waals surface area contributed by atoms with Crippen molar-refractivity contribution < 1.29 is 9.31 Å². The first kappa shape index (κ1) is 29.1. The molecule has 0 amide bonds. The SMILES string of the molecule is CC1(C)OB(c2cccc(-c3nc4ccccc4c4cc5c(cc34)C(c3ccccc3)(c3ccccc3)c3ccccc3-5)c2)OC1(C)C. The monoisotopic (exact) mass is 621 g/mol. The summed E-state index contributed by atoms with van der Waals surface area (Å²) in [6.07, 6.45) is 0. The molecule has 1 aliphatic carbocycles. The molecule has 0 saturated carbocycles. The molecule has 7 aromatic rings. The Morgan fingerprint density at radius 3 is 1.83 bits per heavy atom. The van der Waals surface area contributed by atoms with Crippen molar-refractivity contribution in [1.29, 1.82) is 0 Å². The highest BCUT2D eigenvalue weighted by atomic mass is 16.7. The smallest absolute Gasteiger partial charge is 0.399 e. The zero-order valence-electron chi connectivity index (χ0n) is 27.7. The Bertz CT molecular complexity index is 2310. The summed E-state index contributed by atoms with van der Waals surface area (Å²) in [5.74, 6) is 0. The minimum absolute atomic E-state index is 0.421. The van der Waals surface area contributed by atoms with Crippen molar-refractivity contribution in [2.75, 3.05) is 0 Å². The molecule has 0 atom stereocenters. The molecular weight excluding hydrogens is 585 g/mol. The average molecular weight is 622 g/mol. The first-order valence-corrected chi connectivity index (χ1v) is 16.8. The van der Waals surface area contributed by atoms with Crippen LogP contribution >= 0.6 is 0 Å². The van der Waals surface area contributed by atoms with Crippen molar-refractivity contribution in [3.8, 4) is 22.4 Å². The predicted octanol–water partition coefficient (Wildman–Crippen LogP) is 9.72. The van der Waals surface area contributed by atoms with E-state index < -0.39 is 23.7 Å². The van der Waals surface area contributed by atoms with Crippen LogP contribution in [0.25, 0.3) is 44.1 Å². The fourth-order valence-corrected chi connectivity index (χ4v) is 7.92. The summed E-state index contributed by atoms with van der Waals surface area (Å²) in [5, 5.41) is 3.47. The number of hydrogen-bond donors (Lipinski definition) is 0. The molecule has 0 N–H and O–H groups in total. The Morgan fingerprint density at radius 1 is 0.500 bits per heavy atom. The minimum Gasteiger partial charge on any atom is -0.399 e. The van der Waals surface area contributed by atoms with Gasteiger partial charge in [-0.05, 0) is 90.1 Å². The third-order valence-electron chi connectivity index (χ3n) is 11.0. The van der Waals surface area contributed by atoms with Gasteiger partial charge in [0, 0.05) is 16.3 Å². The average Bonchev–Trinajstić information content (AvgIpc) is 3.53. The number of para-hydroxylation sites is 1. The van der Waals surface area contributed by atoms with Crippen LogP contribution in [-0.2, 0) is 14.7 Å². The summed E-state index contributed by atoms with van der Waals surface area (Å²) < 4.78 is 13.0. The van der Waals surface area contributed by atoms with Crippen molar-refractivity contribution >= 4 is 34.3 Å². The lowest BCUT2D eigenvalue weighted by molar-refractivity contribution is 0.00578. The topological polar surface area (TPSA) is 31.4 Å². The van der Waals surface area contributed by atoms with Gasteiger partial charge in [-0.25, -0.2) is 4.98 Å². The summed E-state index contributed by atoms with van der Waals surface area (Å²) in [5.41, 5.74) is 10.2. The summed E-state index contributed by atoms with van der Waals surface area (Å²) in [6, 6.07) is 52.8. The Hall–Kier alpha value is -5.03. The standard InChI is InChI=1S/C44H36BNO2/c1-42(2)43(3,4)48-45(47-42)32-21-15-16-29(26-32)41-37-28-39-36(27-35(37)34-23-12-14-25-40(34)46-41)33-22-11-13-24-38(33)44(39,30-17-7-5-8-18-30)31-19-9-6-10-20-31/h5-28H,1-4H3. The van der Waals surface area contributed by atoms with Gasteiger partial charge in [-0.2, -0.15) is 0 Å². The maximum Gasteiger partial charge on any atom is 0.494 e. The van der Waals surface area contributed by atoms with Gasteiger partial charge in [0.1, 0.15) is 0 Å². The summed E-state index contributed by atoms with van der Waals surface area (Å²) in [4.78, 5) is 5.38. The van der Waals surface area contributed by atoms with Gasteiger partial charge in [0.2, 0.25) is 0 Å². The van der Waals surface area contributed by atoms with Gasteiger partial charge in [0.05, 0.1) is 27.8 Å². The Kier molecular flexibility index (Phi) is 6.37. The maximum absolute atomic E-state index is 6.48. The van der Waals surface area contributed by atoms with Crippen LogP contribution in [0.15, 0.2) is 146 Å². The fraction of sp³-hybridized carbons (Fsp3) is 0.159. The van der Waals surface area contributed by atoms with Gasteiger partial charge in [0.25, 0.3) is 0 Å². The molecule has 3 nitrogen and oxygen atoms in total. The molecule has 0 radical (unpaired) electrons. The molecule has 6 aromatic carbocycles. The lowest BCUT2D eigenvalue weighted by atomic mass is 9.67. The zero-order chi connectivity index (χ0) is 32.7. The second kappa shape index (κ2) is 10.5. The zero-order valence-corrected chi connectivity index (χ0v) is 27.7. The van der Waals surface area contributed by atoms with Crippen molar-refractivity contribution in [2.45, 2.75) is 44.3 Å². The van der Waals surface area contributed by atoms with Gasteiger partial charge >= 0.3 is 7.12 Å². The quantitative estimate of drug-likeness (QED) is 0.145. The van der Waals surface area contributed by atoms with E-state index in [0.717, 1.165) is 33.0 Å². The molecular formula is C44H36BNO2. The molecule has 232 valence electrons. The van der Waals surface area contributed by atoms with E-state index in [-0.39, 0.29) is 0 Å². The molecule has 2 aliphatic rings. The van der Waals surface area contributed by atoms with E-state index in [1.165, 1.54) is 38.8 Å². The van der Waals surface area contributed by atoms with Crippen molar-refractivity contribution in [2.24, 2.45) is 0 Å². The van der Waals surface area contributed by atoms with Crippen LogP contribution in [0.4, 0.5) is 0 Å². The Balaban J connectivity index is 1.35. The van der Waals surface area contributed by atoms with E-state index in [9.17, 15) is 0 Å². The minimum atomic E-state index is -0.490. The molecule has 1 fully saturated rings. The Morgan fingerprint density at radius 2 is 1.12 bits per heavy atom. The molecule has 0 spiro atoms. The van der Waals surface area contributed by atoms with Gasteiger partial charge in [-0.15, -0.1) is 0 Å². The summed E-state index contributed by atoms with van der Waals surface area (Å²) in [6.45, 7) is 8.39. The molecule has 2 heterocycles. The normalized spacial score (nSPS) is 17.0. The van der Waals surface area contributed by atoms with Crippen LogP contribution in [0.1, 0.15) is 49.9 Å². The summed E-state index contributed by atoms with van der Waals surface area (Å²) in [7, 11) is -0.454. The van der Waals surface area contributed by atoms with E-state index in [4.69, 9.17) is 14.3 Å². The molecule has 0 unspecified atom stereocenters. The van der Waals surface area contributed by atoms with Gasteiger partial charge in [-0.1, -0.05) is 127 Å². The second-order valence-corrected chi connectivity index (χ2v) is 14.2. The van der Waals surface area contributed by atoms with Crippen molar-refractivity contribution in [3.05, 3.63) is 168 Å². The first-order chi connectivity index (χ1) is 23.3. The van der Waals surface area contributed by atoms with E-state index in [1.54, 1.807) is 0 Å². The molecule has 9 rings (SSSR count). The molecule has 4 heteroatoms. The van der Waals surface area contributed by atoms with Crippen LogP contribution in [0.5, 0.6) is 0 Å². The first-order valence-electron chi connectivity index (χ1n) is 16.8. The lowest BCUT2D eigenvalue weighted by Crippen LogP contribution is -2.41. The van der Waals surface area contributed by atoms with Gasteiger partial charge < -0.3 is 9.31 Å².